The number of aromatic nitrogens is 2. The van der Waals surface area contributed by atoms with E-state index in [1.54, 1.807) is 24.3 Å². The van der Waals surface area contributed by atoms with Crippen LogP contribution in [0.2, 0.25) is 0 Å². The molecule has 0 saturated heterocycles. The SMILES string of the molecule is Nc1ccccc1NC(=O)c1ccc(CSc2nc(-c3ccccc3)cc(=O)[nH]2)cc1. The van der Waals surface area contributed by atoms with E-state index >= 15 is 0 Å². The summed E-state index contributed by atoms with van der Waals surface area (Å²) in [5.74, 6) is 0.382. The maximum Gasteiger partial charge on any atom is 0.255 e. The molecule has 4 rings (SSSR count). The van der Waals surface area contributed by atoms with E-state index in [1.165, 1.54) is 17.8 Å². The van der Waals surface area contributed by atoms with E-state index < -0.39 is 0 Å². The number of anilines is 2. The number of nitrogens with zero attached hydrogens (tertiary/aromatic N) is 1. The lowest BCUT2D eigenvalue weighted by Gasteiger charge is -2.08. The number of para-hydroxylation sites is 2. The van der Waals surface area contributed by atoms with Crippen molar-refractivity contribution in [1.82, 2.24) is 9.97 Å². The first kappa shape index (κ1) is 20.4. The summed E-state index contributed by atoms with van der Waals surface area (Å²) in [5, 5.41) is 3.36. The zero-order valence-electron chi connectivity index (χ0n) is 16.5. The maximum atomic E-state index is 12.4. The summed E-state index contributed by atoms with van der Waals surface area (Å²) in [5.41, 5.74) is 9.86. The molecule has 3 aromatic carbocycles. The van der Waals surface area contributed by atoms with Gasteiger partial charge in [0.1, 0.15) is 0 Å². The molecular weight excluding hydrogens is 408 g/mol. The molecule has 1 heterocycles. The third-order valence-electron chi connectivity index (χ3n) is 4.59. The third kappa shape index (κ3) is 5.21. The van der Waals surface area contributed by atoms with Gasteiger partial charge in [0.25, 0.3) is 11.5 Å². The topological polar surface area (TPSA) is 101 Å². The zero-order chi connectivity index (χ0) is 21.6. The van der Waals surface area contributed by atoms with Crippen LogP contribution in [0.25, 0.3) is 11.3 Å². The van der Waals surface area contributed by atoms with E-state index in [1.807, 2.05) is 54.6 Å². The summed E-state index contributed by atoms with van der Waals surface area (Å²) >= 11 is 1.43. The number of hydrogen-bond acceptors (Lipinski definition) is 5. The highest BCUT2D eigenvalue weighted by atomic mass is 32.2. The summed E-state index contributed by atoms with van der Waals surface area (Å²) in [6.45, 7) is 0. The van der Waals surface area contributed by atoms with Crippen LogP contribution in [0.4, 0.5) is 11.4 Å². The van der Waals surface area contributed by atoms with Crippen molar-refractivity contribution in [2.75, 3.05) is 11.1 Å². The van der Waals surface area contributed by atoms with E-state index in [4.69, 9.17) is 5.73 Å². The molecule has 0 unspecified atom stereocenters. The van der Waals surface area contributed by atoms with Gasteiger partial charge in [0, 0.05) is 22.9 Å². The summed E-state index contributed by atoms with van der Waals surface area (Å²) in [6.07, 6.45) is 0. The number of hydrogen-bond donors (Lipinski definition) is 3. The largest absolute Gasteiger partial charge is 0.397 e. The van der Waals surface area contributed by atoms with Crippen molar-refractivity contribution in [2.45, 2.75) is 10.9 Å². The van der Waals surface area contributed by atoms with Crippen molar-refractivity contribution in [3.05, 3.63) is 106 Å². The van der Waals surface area contributed by atoms with Gasteiger partial charge in [-0.05, 0) is 29.8 Å². The summed E-state index contributed by atoms with van der Waals surface area (Å²) in [7, 11) is 0. The fourth-order valence-electron chi connectivity index (χ4n) is 2.97. The molecule has 154 valence electrons. The molecular formula is C24H20N4O2S. The molecule has 0 aliphatic heterocycles. The minimum atomic E-state index is -0.223. The number of nitrogen functional groups attached to an aromatic ring is 1. The third-order valence-corrected chi connectivity index (χ3v) is 5.53. The average Bonchev–Trinajstić information content (AvgIpc) is 2.80. The minimum Gasteiger partial charge on any atom is -0.397 e. The minimum absolute atomic E-state index is 0.191. The van der Waals surface area contributed by atoms with Gasteiger partial charge in [-0.2, -0.15) is 0 Å². The highest BCUT2D eigenvalue weighted by Crippen LogP contribution is 2.22. The Morgan fingerprint density at radius 3 is 2.42 bits per heavy atom. The van der Waals surface area contributed by atoms with Gasteiger partial charge in [-0.3, -0.25) is 9.59 Å². The van der Waals surface area contributed by atoms with E-state index in [-0.39, 0.29) is 11.5 Å². The van der Waals surface area contributed by atoms with Gasteiger partial charge in [-0.25, -0.2) is 4.98 Å². The Hall–Kier alpha value is -3.84. The van der Waals surface area contributed by atoms with Crippen molar-refractivity contribution in [1.29, 1.82) is 0 Å². The Balaban J connectivity index is 1.42. The van der Waals surface area contributed by atoms with Gasteiger partial charge in [0.2, 0.25) is 0 Å². The molecule has 0 saturated carbocycles. The summed E-state index contributed by atoms with van der Waals surface area (Å²) in [4.78, 5) is 31.8. The van der Waals surface area contributed by atoms with Gasteiger partial charge in [0.05, 0.1) is 17.1 Å². The number of aromatic amines is 1. The molecule has 0 aliphatic rings. The summed E-state index contributed by atoms with van der Waals surface area (Å²) in [6, 6.07) is 25.5. The predicted molar refractivity (Wildman–Crippen MR) is 125 cm³/mol. The highest BCUT2D eigenvalue weighted by molar-refractivity contribution is 7.98. The summed E-state index contributed by atoms with van der Waals surface area (Å²) < 4.78 is 0. The van der Waals surface area contributed by atoms with Crippen molar-refractivity contribution in [2.24, 2.45) is 0 Å². The molecule has 0 atom stereocenters. The number of thioether (sulfide) groups is 1. The van der Waals surface area contributed by atoms with E-state index in [9.17, 15) is 9.59 Å². The molecule has 31 heavy (non-hydrogen) atoms. The van der Waals surface area contributed by atoms with E-state index in [0.29, 0.717) is 33.5 Å². The molecule has 6 nitrogen and oxygen atoms in total. The number of carbonyl (C=O) groups is 1. The van der Waals surface area contributed by atoms with Crippen molar-refractivity contribution in [3.63, 3.8) is 0 Å². The maximum absolute atomic E-state index is 12.4. The lowest BCUT2D eigenvalue weighted by atomic mass is 10.1. The number of nitrogens with one attached hydrogen (secondary N) is 2. The van der Waals surface area contributed by atoms with Gasteiger partial charge < -0.3 is 16.0 Å². The monoisotopic (exact) mass is 428 g/mol. The molecule has 4 aromatic rings. The second-order valence-electron chi connectivity index (χ2n) is 6.83. The quantitative estimate of drug-likeness (QED) is 0.237. The van der Waals surface area contributed by atoms with Crippen LogP contribution in [0, 0.1) is 0 Å². The molecule has 4 N–H and O–H groups in total. The molecule has 0 radical (unpaired) electrons. The van der Waals surface area contributed by atoms with E-state index in [0.717, 1.165) is 11.1 Å². The second kappa shape index (κ2) is 9.32. The Morgan fingerprint density at radius 1 is 0.968 bits per heavy atom. The molecule has 7 heteroatoms. The normalized spacial score (nSPS) is 10.6. The highest BCUT2D eigenvalue weighted by Gasteiger charge is 2.09. The molecule has 0 aliphatic carbocycles. The number of benzene rings is 3. The first-order chi connectivity index (χ1) is 15.1. The van der Waals surface area contributed by atoms with Crippen LogP contribution >= 0.6 is 11.8 Å². The molecule has 0 fully saturated rings. The van der Waals surface area contributed by atoms with Gasteiger partial charge in [0.15, 0.2) is 5.16 Å². The molecule has 1 aromatic heterocycles. The van der Waals surface area contributed by atoms with E-state index in [2.05, 4.69) is 15.3 Å². The number of carbonyl (C=O) groups excluding carboxylic acids is 1. The van der Waals surface area contributed by atoms with Crippen LogP contribution in [-0.4, -0.2) is 15.9 Å². The Labute approximate surface area is 183 Å². The number of H-pyrrole nitrogens is 1. The average molecular weight is 429 g/mol. The lowest BCUT2D eigenvalue weighted by molar-refractivity contribution is 0.102. The van der Waals surface area contributed by atoms with Crippen molar-refractivity contribution in [3.8, 4) is 11.3 Å². The Bertz CT molecular complexity index is 1250. The van der Waals surface area contributed by atoms with Crippen LogP contribution in [0.5, 0.6) is 0 Å². The van der Waals surface area contributed by atoms with Crippen LogP contribution in [0.3, 0.4) is 0 Å². The van der Waals surface area contributed by atoms with Gasteiger partial charge >= 0.3 is 0 Å². The van der Waals surface area contributed by atoms with Crippen LogP contribution in [0.1, 0.15) is 15.9 Å². The van der Waals surface area contributed by atoms with Crippen molar-refractivity contribution < 1.29 is 4.79 Å². The van der Waals surface area contributed by atoms with Crippen molar-refractivity contribution >= 4 is 29.0 Å². The van der Waals surface area contributed by atoms with Gasteiger partial charge in [-0.15, -0.1) is 0 Å². The number of rotatable bonds is 6. The number of amides is 1. The molecule has 1 amide bonds. The Morgan fingerprint density at radius 2 is 1.68 bits per heavy atom. The van der Waals surface area contributed by atoms with Crippen LogP contribution in [0.15, 0.2) is 94.9 Å². The fourth-order valence-corrected chi connectivity index (χ4v) is 3.80. The van der Waals surface area contributed by atoms with Gasteiger partial charge in [-0.1, -0.05) is 66.4 Å². The first-order valence-electron chi connectivity index (χ1n) is 9.63. The van der Waals surface area contributed by atoms with Crippen LogP contribution in [-0.2, 0) is 5.75 Å². The zero-order valence-corrected chi connectivity index (χ0v) is 17.4. The number of nitrogens with two attached hydrogens (primary N) is 1. The smallest absolute Gasteiger partial charge is 0.255 e. The standard InChI is InChI=1S/C24H20N4O2S/c25-19-8-4-5-9-20(19)26-23(30)18-12-10-16(11-13-18)15-31-24-27-21(14-22(29)28-24)17-6-2-1-3-7-17/h1-14H,15,25H2,(H,26,30)(H,27,28,29). The predicted octanol–water partition coefficient (Wildman–Crippen LogP) is 4.56. The Kier molecular flexibility index (Phi) is 6.14. The second-order valence-corrected chi connectivity index (χ2v) is 7.79. The van der Waals surface area contributed by atoms with Crippen LogP contribution < -0.4 is 16.6 Å². The lowest BCUT2D eigenvalue weighted by Crippen LogP contribution is -2.13. The molecule has 0 spiro atoms. The fraction of sp³-hybridized carbons (Fsp3) is 0.0417. The first-order valence-corrected chi connectivity index (χ1v) is 10.6. The molecule has 0 bridgehead atoms.